The van der Waals surface area contributed by atoms with Gasteiger partial charge >= 0.3 is 0 Å². The van der Waals surface area contributed by atoms with Gasteiger partial charge in [-0.05, 0) is 35.7 Å². The Hall–Kier alpha value is -3.73. The highest BCUT2D eigenvalue weighted by molar-refractivity contribution is 5.96. The van der Waals surface area contributed by atoms with Crippen LogP contribution in [0, 0.1) is 0 Å². The van der Waals surface area contributed by atoms with Crippen LogP contribution in [0.4, 0.5) is 0 Å². The van der Waals surface area contributed by atoms with E-state index in [1.54, 1.807) is 25.4 Å². The molecular formula is C25H23N3O2. The van der Waals surface area contributed by atoms with Crippen molar-refractivity contribution in [2.75, 3.05) is 6.54 Å². The molecule has 0 aliphatic rings. The second kappa shape index (κ2) is 8.74. The minimum Gasteiger partial charge on any atom is -0.352 e. The van der Waals surface area contributed by atoms with E-state index in [9.17, 15) is 9.59 Å². The van der Waals surface area contributed by atoms with Crippen molar-refractivity contribution >= 4 is 16.9 Å². The molecule has 2 aromatic carbocycles. The molecule has 1 amide bonds. The molecule has 0 fully saturated rings. The van der Waals surface area contributed by atoms with Crippen molar-refractivity contribution in [1.29, 1.82) is 0 Å². The van der Waals surface area contributed by atoms with Crippen LogP contribution < -0.4 is 10.9 Å². The lowest BCUT2D eigenvalue weighted by Crippen LogP contribution is -2.33. The van der Waals surface area contributed by atoms with Crippen LogP contribution in [-0.2, 0) is 7.05 Å². The third-order valence-corrected chi connectivity index (χ3v) is 5.34. The number of nitrogens with zero attached hydrogens (tertiary/aromatic N) is 2. The van der Waals surface area contributed by atoms with E-state index in [4.69, 9.17) is 0 Å². The van der Waals surface area contributed by atoms with E-state index in [0.717, 1.165) is 11.8 Å². The van der Waals surface area contributed by atoms with Crippen LogP contribution in [0.3, 0.4) is 0 Å². The standard InChI is InChI=1S/C25H23N3O2/c1-28-23-20(13-8-15-26-23)17-22(25(28)30)24(29)27-16-14-21(18-9-4-2-5-10-18)19-11-6-3-7-12-19/h2-13,15,17,21H,14,16H2,1H3,(H,27,29). The summed E-state index contributed by atoms with van der Waals surface area (Å²) in [6, 6.07) is 25.8. The summed E-state index contributed by atoms with van der Waals surface area (Å²) in [5.41, 5.74) is 2.75. The summed E-state index contributed by atoms with van der Waals surface area (Å²) in [6.07, 6.45) is 2.37. The first-order valence-corrected chi connectivity index (χ1v) is 9.98. The van der Waals surface area contributed by atoms with E-state index >= 15 is 0 Å². The Morgan fingerprint density at radius 1 is 0.967 bits per heavy atom. The van der Waals surface area contributed by atoms with Gasteiger partial charge in [-0.3, -0.25) is 14.2 Å². The number of fused-ring (bicyclic) bond motifs is 1. The Labute approximate surface area is 175 Å². The van der Waals surface area contributed by atoms with Crippen molar-refractivity contribution in [3.8, 4) is 0 Å². The zero-order chi connectivity index (χ0) is 20.9. The number of pyridine rings is 2. The number of benzene rings is 2. The number of carbonyl (C=O) groups is 1. The van der Waals surface area contributed by atoms with Crippen LogP contribution in [-0.4, -0.2) is 22.0 Å². The highest BCUT2D eigenvalue weighted by Crippen LogP contribution is 2.27. The van der Waals surface area contributed by atoms with Gasteiger partial charge in [0, 0.05) is 31.1 Å². The third kappa shape index (κ3) is 4.01. The lowest BCUT2D eigenvalue weighted by molar-refractivity contribution is 0.0951. The Bertz CT molecular complexity index is 1180. The van der Waals surface area contributed by atoms with Gasteiger partial charge in [0.15, 0.2) is 0 Å². The topological polar surface area (TPSA) is 64.0 Å². The van der Waals surface area contributed by atoms with E-state index in [1.807, 2.05) is 42.5 Å². The number of hydrogen-bond donors (Lipinski definition) is 1. The van der Waals surface area contributed by atoms with Gasteiger partial charge in [0.05, 0.1) is 0 Å². The summed E-state index contributed by atoms with van der Waals surface area (Å²) in [6.45, 7) is 0.460. The van der Waals surface area contributed by atoms with E-state index in [1.165, 1.54) is 15.7 Å². The molecule has 0 aliphatic carbocycles. The molecule has 30 heavy (non-hydrogen) atoms. The molecule has 0 atom stereocenters. The predicted molar refractivity (Wildman–Crippen MR) is 119 cm³/mol. The smallest absolute Gasteiger partial charge is 0.264 e. The van der Waals surface area contributed by atoms with Gasteiger partial charge in [0.1, 0.15) is 11.2 Å². The SMILES string of the molecule is Cn1c(=O)c(C(=O)NCCC(c2ccccc2)c2ccccc2)cc2cccnc21. The molecule has 0 unspecified atom stereocenters. The highest BCUT2D eigenvalue weighted by atomic mass is 16.2. The highest BCUT2D eigenvalue weighted by Gasteiger charge is 2.17. The van der Waals surface area contributed by atoms with Gasteiger partial charge in [-0.1, -0.05) is 60.7 Å². The maximum Gasteiger partial charge on any atom is 0.264 e. The number of rotatable bonds is 6. The van der Waals surface area contributed by atoms with E-state index in [0.29, 0.717) is 12.2 Å². The largest absolute Gasteiger partial charge is 0.352 e. The minimum atomic E-state index is -0.360. The second-order valence-corrected chi connectivity index (χ2v) is 7.26. The van der Waals surface area contributed by atoms with Crippen molar-refractivity contribution < 1.29 is 4.79 Å². The van der Waals surface area contributed by atoms with Crippen LogP contribution in [0.1, 0.15) is 33.8 Å². The van der Waals surface area contributed by atoms with Crippen LogP contribution >= 0.6 is 0 Å². The molecule has 0 spiro atoms. The fourth-order valence-corrected chi connectivity index (χ4v) is 3.78. The summed E-state index contributed by atoms with van der Waals surface area (Å²) in [5.74, 6) is -0.197. The summed E-state index contributed by atoms with van der Waals surface area (Å²) in [4.78, 5) is 29.6. The van der Waals surface area contributed by atoms with E-state index in [-0.39, 0.29) is 22.9 Å². The predicted octanol–water partition coefficient (Wildman–Crippen LogP) is 3.89. The molecule has 5 heteroatoms. The first kappa shape index (κ1) is 19.6. The minimum absolute atomic E-state index is 0.133. The molecule has 2 heterocycles. The molecule has 2 aromatic heterocycles. The maximum absolute atomic E-state index is 12.8. The van der Waals surface area contributed by atoms with Gasteiger partial charge < -0.3 is 5.32 Å². The molecule has 0 radical (unpaired) electrons. The van der Waals surface area contributed by atoms with Crippen LogP contribution in [0.25, 0.3) is 11.0 Å². The Morgan fingerprint density at radius 3 is 2.23 bits per heavy atom. The summed E-state index contributed by atoms with van der Waals surface area (Å²) < 4.78 is 1.42. The molecule has 150 valence electrons. The zero-order valence-electron chi connectivity index (χ0n) is 16.8. The molecular weight excluding hydrogens is 374 g/mol. The average Bonchev–Trinajstić information content (AvgIpc) is 2.80. The number of amides is 1. The van der Waals surface area contributed by atoms with E-state index < -0.39 is 0 Å². The fourth-order valence-electron chi connectivity index (χ4n) is 3.78. The summed E-state index contributed by atoms with van der Waals surface area (Å²) >= 11 is 0. The van der Waals surface area contributed by atoms with Crippen LogP contribution in [0.15, 0.2) is 89.9 Å². The normalized spacial score (nSPS) is 11.0. The molecule has 0 saturated carbocycles. The second-order valence-electron chi connectivity index (χ2n) is 7.26. The first-order chi connectivity index (χ1) is 14.6. The van der Waals surface area contributed by atoms with Gasteiger partial charge in [-0.25, -0.2) is 4.98 Å². The fraction of sp³-hybridized carbons (Fsp3) is 0.160. The van der Waals surface area contributed by atoms with Gasteiger partial charge in [0.25, 0.3) is 11.5 Å². The molecule has 5 nitrogen and oxygen atoms in total. The van der Waals surface area contributed by atoms with Crippen molar-refractivity contribution in [1.82, 2.24) is 14.9 Å². The average molecular weight is 397 g/mol. The lowest BCUT2D eigenvalue weighted by Gasteiger charge is -2.18. The van der Waals surface area contributed by atoms with Crippen molar-refractivity contribution in [2.45, 2.75) is 12.3 Å². The number of carbonyl (C=O) groups excluding carboxylic acids is 1. The molecule has 1 N–H and O–H groups in total. The maximum atomic E-state index is 12.8. The van der Waals surface area contributed by atoms with Gasteiger partial charge in [0.2, 0.25) is 0 Å². The van der Waals surface area contributed by atoms with Crippen molar-refractivity contribution in [3.63, 3.8) is 0 Å². The third-order valence-electron chi connectivity index (χ3n) is 5.34. The van der Waals surface area contributed by atoms with Crippen LogP contribution in [0.5, 0.6) is 0 Å². The number of nitrogens with one attached hydrogen (secondary N) is 1. The molecule has 0 aliphatic heterocycles. The quantitative estimate of drug-likeness (QED) is 0.537. The van der Waals surface area contributed by atoms with Crippen molar-refractivity contribution in [2.24, 2.45) is 7.05 Å². The number of aromatic nitrogens is 2. The Morgan fingerprint density at radius 2 is 1.60 bits per heavy atom. The Balaban J connectivity index is 1.53. The number of hydrogen-bond acceptors (Lipinski definition) is 3. The molecule has 0 bridgehead atoms. The molecule has 4 aromatic rings. The van der Waals surface area contributed by atoms with Gasteiger partial charge in [-0.2, -0.15) is 0 Å². The van der Waals surface area contributed by atoms with Crippen LogP contribution in [0.2, 0.25) is 0 Å². The first-order valence-electron chi connectivity index (χ1n) is 9.98. The zero-order valence-corrected chi connectivity index (χ0v) is 16.8. The summed E-state index contributed by atoms with van der Waals surface area (Å²) in [7, 11) is 1.63. The van der Waals surface area contributed by atoms with Gasteiger partial charge in [-0.15, -0.1) is 0 Å². The molecule has 4 rings (SSSR count). The molecule has 0 saturated heterocycles. The number of aryl methyl sites for hydroxylation is 1. The monoisotopic (exact) mass is 397 g/mol. The van der Waals surface area contributed by atoms with Crippen molar-refractivity contribution in [3.05, 3.63) is 112 Å². The summed E-state index contributed by atoms with van der Waals surface area (Å²) in [5, 5.41) is 3.69. The lowest BCUT2D eigenvalue weighted by atomic mass is 9.88. The van der Waals surface area contributed by atoms with E-state index in [2.05, 4.69) is 34.6 Å². The Kier molecular flexibility index (Phi) is 5.70.